The monoisotopic (exact) mass is 251 g/mol. The Kier molecular flexibility index (Phi) is 3.65. The molecule has 2 aliphatic heterocycles. The van der Waals surface area contributed by atoms with E-state index in [1.165, 1.54) is 65.0 Å². The summed E-state index contributed by atoms with van der Waals surface area (Å²) in [6, 6.07) is 0.793. The van der Waals surface area contributed by atoms with Gasteiger partial charge in [-0.25, -0.2) is 0 Å². The summed E-state index contributed by atoms with van der Waals surface area (Å²) in [5.74, 6) is 1.01. The van der Waals surface area contributed by atoms with Crippen LogP contribution in [0.15, 0.2) is 0 Å². The van der Waals surface area contributed by atoms with E-state index < -0.39 is 0 Å². The maximum atomic E-state index is 3.51. The van der Waals surface area contributed by atoms with Crippen LogP contribution in [0.1, 0.15) is 32.6 Å². The van der Waals surface area contributed by atoms with Gasteiger partial charge >= 0.3 is 0 Å². The van der Waals surface area contributed by atoms with E-state index in [-0.39, 0.29) is 0 Å². The van der Waals surface area contributed by atoms with Crippen molar-refractivity contribution in [3.05, 3.63) is 0 Å². The third-order valence-electron chi connectivity index (χ3n) is 5.77. The fourth-order valence-corrected chi connectivity index (χ4v) is 4.16. The van der Waals surface area contributed by atoms with E-state index in [4.69, 9.17) is 0 Å². The average molecular weight is 251 g/mol. The normalized spacial score (nSPS) is 37.0. The van der Waals surface area contributed by atoms with Gasteiger partial charge in [0.15, 0.2) is 0 Å². The summed E-state index contributed by atoms with van der Waals surface area (Å²) >= 11 is 0. The SMILES string of the molecule is CCC1CN(CC2CC23CCNCC3)CCN1C. The Morgan fingerprint density at radius 2 is 2.00 bits per heavy atom. The number of nitrogens with zero attached hydrogens (tertiary/aromatic N) is 2. The van der Waals surface area contributed by atoms with Crippen LogP contribution in [0.25, 0.3) is 0 Å². The number of nitrogens with one attached hydrogen (secondary N) is 1. The van der Waals surface area contributed by atoms with Crippen LogP contribution in [0.4, 0.5) is 0 Å². The van der Waals surface area contributed by atoms with E-state index in [9.17, 15) is 0 Å². The Balaban J connectivity index is 1.49. The van der Waals surface area contributed by atoms with Crippen LogP contribution in [-0.4, -0.2) is 62.2 Å². The summed E-state index contributed by atoms with van der Waals surface area (Å²) in [6.45, 7) is 10.1. The molecule has 0 aromatic carbocycles. The molecular weight excluding hydrogens is 222 g/mol. The number of likely N-dealkylation sites (N-methyl/N-ethyl adjacent to an activating group) is 1. The molecule has 2 saturated heterocycles. The van der Waals surface area contributed by atoms with E-state index >= 15 is 0 Å². The molecule has 3 aliphatic rings. The molecule has 0 bridgehead atoms. The van der Waals surface area contributed by atoms with Gasteiger partial charge in [-0.1, -0.05) is 6.92 Å². The Labute approximate surface area is 112 Å². The molecule has 0 amide bonds. The van der Waals surface area contributed by atoms with Gasteiger partial charge < -0.3 is 15.1 Å². The molecular formula is C15H29N3. The highest BCUT2D eigenvalue weighted by atomic mass is 15.3. The van der Waals surface area contributed by atoms with Gasteiger partial charge in [0, 0.05) is 32.2 Å². The molecule has 18 heavy (non-hydrogen) atoms. The molecule has 2 atom stereocenters. The number of piperazine rings is 1. The molecule has 1 aliphatic carbocycles. The predicted molar refractivity (Wildman–Crippen MR) is 75.8 cm³/mol. The maximum Gasteiger partial charge on any atom is 0.0218 e. The van der Waals surface area contributed by atoms with Crippen LogP contribution in [0.2, 0.25) is 0 Å². The van der Waals surface area contributed by atoms with Crippen LogP contribution in [-0.2, 0) is 0 Å². The zero-order chi connectivity index (χ0) is 12.6. The van der Waals surface area contributed by atoms with Crippen LogP contribution in [0.3, 0.4) is 0 Å². The van der Waals surface area contributed by atoms with Crippen molar-refractivity contribution >= 4 is 0 Å². The molecule has 3 fully saturated rings. The minimum atomic E-state index is 0.760. The lowest BCUT2D eigenvalue weighted by Crippen LogP contribution is -2.51. The second kappa shape index (κ2) is 5.10. The molecule has 1 N–H and O–H groups in total. The first-order valence-electron chi connectivity index (χ1n) is 7.87. The van der Waals surface area contributed by atoms with Crippen molar-refractivity contribution in [2.24, 2.45) is 11.3 Å². The Bertz CT molecular complexity index is 285. The smallest absolute Gasteiger partial charge is 0.0218 e. The van der Waals surface area contributed by atoms with Gasteiger partial charge in [-0.3, -0.25) is 0 Å². The third kappa shape index (κ3) is 2.45. The highest BCUT2D eigenvalue weighted by molar-refractivity contribution is 5.05. The molecule has 0 aromatic heterocycles. The predicted octanol–water partition coefficient (Wildman–Crippen LogP) is 1.40. The zero-order valence-corrected chi connectivity index (χ0v) is 12.1. The lowest BCUT2D eigenvalue weighted by Gasteiger charge is -2.39. The van der Waals surface area contributed by atoms with Crippen molar-refractivity contribution in [2.75, 3.05) is 46.3 Å². The molecule has 2 heterocycles. The number of rotatable bonds is 3. The summed E-state index contributed by atoms with van der Waals surface area (Å²) in [6.07, 6.45) is 5.68. The number of hydrogen-bond acceptors (Lipinski definition) is 3. The van der Waals surface area contributed by atoms with Gasteiger partial charge in [0.2, 0.25) is 0 Å². The summed E-state index contributed by atoms with van der Waals surface area (Å²) in [5, 5.41) is 3.51. The lowest BCUT2D eigenvalue weighted by atomic mass is 9.91. The van der Waals surface area contributed by atoms with Crippen LogP contribution < -0.4 is 5.32 Å². The van der Waals surface area contributed by atoms with Crippen molar-refractivity contribution in [1.29, 1.82) is 0 Å². The second-order valence-electron chi connectivity index (χ2n) is 6.82. The first kappa shape index (κ1) is 12.9. The maximum absolute atomic E-state index is 3.51. The highest BCUT2D eigenvalue weighted by Crippen LogP contribution is 2.58. The van der Waals surface area contributed by atoms with E-state index in [0.717, 1.165) is 17.4 Å². The quantitative estimate of drug-likeness (QED) is 0.818. The van der Waals surface area contributed by atoms with Crippen molar-refractivity contribution < 1.29 is 0 Å². The van der Waals surface area contributed by atoms with E-state index in [1.807, 2.05) is 0 Å². The van der Waals surface area contributed by atoms with Gasteiger partial charge in [0.05, 0.1) is 0 Å². The van der Waals surface area contributed by atoms with Crippen LogP contribution in [0, 0.1) is 11.3 Å². The van der Waals surface area contributed by atoms with Crippen LogP contribution in [0.5, 0.6) is 0 Å². The van der Waals surface area contributed by atoms with E-state index in [2.05, 4.69) is 29.1 Å². The molecule has 2 unspecified atom stereocenters. The van der Waals surface area contributed by atoms with Crippen molar-refractivity contribution in [2.45, 2.75) is 38.6 Å². The first-order valence-corrected chi connectivity index (χ1v) is 7.87. The van der Waals surface area contributed by atoms with Crippen molar-refractivity contribution in [3.63, 3.8) is 0 Å². The van der Waals surface area contributed by atoms with Gasteiger partial charge in [-0.2, -0.15) is 0 Å². The second-order valence-corrected chi connectivity index (χ2v) is 6.82. The molecule has 0 radical (unpaired) electrons. The topological polar surface area (TPSA) is 18.5 Å². The molecule has 3 heteroatoms. The minimum Gasteiger partial charge on any atom is -0.317 e. The molecule has 3 nitrogen and oxygen atoms in total. The molecule has 3 rings (SSSR count). The Morgan fingerprint density at radius 1 is 1.22 bits per heavy atom. The summed E-state index contributed by atoms with van der Waals surface area (Å²) in [5.41, 5.74) is 0.760. The Hall–Kier alpha value is -0.120. The summed E-state index contributed by atoms with van der Waals surface area (Å²) in [4.78, 5) is 5.29. The lowest BCUT2D eigenvalue weighted by molar-refractivity contribution is 0.0854. The van der Waals surface area contributed by atoms with Gasteiger partial charge in [0.1, 0.15) is 0 Å². The third-order valence-corrected chi connectivity index (χ3v) is 5.77. The molecule has 1 spiro atoms. The first-order chi connectivity index (χ1) is 8.73. The van der Waals surface area contributed by atoms with Gasteiger partial charge in [0.25, 0.3) is 0 Å². The summed E-state index contributed by atoms with van der Waals surface area (Å²) < 4.78 is 0. The number of piperidine rings is 1. The van der Waals surface area contributed by atoms with Crippen molar-refractivity contribution in [3.8, 4) is 0 Å². The minimum absolute atomic E-state index is 0.760. The van der Waals surface area contributed by atoms with E-state index in [1.54, 1.807) is 0 Å². The molecule has 104 valence electrons. The number of hydrogen-bond donors (Lipinski definition) is 1. The standard InChI is InChI=1S/C15H29N3/c1-3-14-12-18(9-8-17(14)2)11-13-10-15(13)4-6-16-7-5-15/h13-14,16H,3-12H2,1-2H3. The highest BCUT2D eigenvalue weighted by Gasteiger charge is 2.53. The largest absolute Gasteiger partial charge is 0.317 e. The van der Waals surface area contributed by atoms with E-state index in [0.29, 0.717) is 0 Å². The van der Waals surface area contributed by atoms with Crippen molar-refractivity contribution in [1.82, 2.24) is 15.1 Å². The average Bonchev–Trinajstić information content (AvgIpc) is 3.04. The fourth-order valence-electron chi connectivity index (χ4n) is 4.16. The zero-order valence-electron chi connectivity index (χ0n) is 12.1. The summed E-state index contributed by atoms with van der Waals surface area (Å²) in [7, 11) is 2.29. The fraction of sp³-hybridized carbons (Fsp3) is 1.00. The Morgan fingerprint density at radius 3 is 2.72 bits per heavy atom. The van der Waals surface area contributed by atoms with Gasteiger partial charge in [-0.15, -0.1) is 0 Å². The molecule has 1 saturated carbocycles. The van der Waals surface area contributed by atoms with Crippen LogP contribution >= 0.6 is 0 Å². The van der Waals surface area contributed by atoms with Gasteiger partial charge in [-0.05, 0) is 57.2 Å². The molecule has 0 aromatic rings.